The van der Waals surface area contributed by atoms with Gasteiger partial charge in [0.25, 0.3) is 0 Å². The number of hydrogen-bond acceptors (Lipinski definition) is 2. The standard InChI is InChI=1S/C17H16N2O3/c20-16(21)12-19-15-9-5-4-8-14(15)18(17(19)22)11-10-13-6-2-1-3-7-13/h1-9H,10-12H2,(H,20,21). The molecule has 0 bridgehead atoms. The van der Waals surface area contributed by atoms with E-state index in [-0.39, 0.29) is 12.2 Å². The Morgan fingerprint density at radius 1 is 0.909 bits per heavy atom. The predicted octanol–water partition coefficient (Wildman–Crippen LogP) is 2.13. The van der Waals surface area contributed by atoms with Crippen LogP contribution in [-0.4, -0.2) is 20.2 Å². The van der Waals surface area contributed by atoms with Crippen LogP contribution in [0.3, 0.4) is 0 Å². The smallest absolute Gasteiger partial charge is 0.329 e. The van der Waals surface area contributed by atoms with Crippen LogP contribution >= 0.6 is 0 Å². The van der Waals surface area contributed by atoms with E-state index in [0.29, 0.717) is 12.1 Å². The van der Waals surface area contributed by atoms with E-state index in [9.17, 15) is 9.59 Å². The van der Waals surface area contributed by atoms with Gasteiger partial charge in [0.2, 0.25) is 0 Å². The van der Waals surface area contributed by atoms with E-state index in [1.54, 1.807) is 10.6 Å². The number of aryl methyl sites for hydroxylation is 2. The molecular weight excluding hydrogens is 280 g/mol. The summed E-state index contributed by atoms with van der Waals surface area (Å²) in [6.07, 6.45) is 0.724. The van der Waals surface area contributed by atoms with Crippen LogP contribution in [0.25, 0.3) is 11.0 Å². The number of hydrogen-bond donors (Lipinski definition) is 1. The summed E-state index contributed by atoms with van der Waals surface area (Å²) in [6, 6.07) is 17.2. The fraction of sp³-hybridized carbons (Fsp3) is 0.176. The fourth-order valence-electron chi connectivity index (χ4n) is 2.66. The molecule has 2 aromatic carbocycles. The lowest BCUT2D eigenvalue weighted by Gasteiger charge is -2.03. The van der Waals surface area contributed by atoms with Crippen molar-refractivity contribution in [1.82, 2.24) is 9.13 Å². The minimum absolute atomic E-state index is 0.278. The number of carbonyl (C=O) groups is 1. The van der Waals surface area contributed by atoms with Gasteiger partial charge in [0.1, 0.15) is 6.54 Å². The third kappa shape index (κ3) is 2.65. The van der Waals surface area contributed by atoms with Gasteiger partial charge in [0, 0.05) is 6.54 Å². The summed E-state index contributed by atoms with van der Waals surface area (Å²) in [5, 5.41) is 9.00. The molecule has 0 amide bonds. The topological polar surface area (TPSA) is 64.2 Å². The highest BCUT2D eigenvalue weighted by Crippen LogP contribution is 2.13. The second kappa shape index (κ2) is 5.89. The molecule has 0 saturated carbocycles. The first kappa shape index (κ1) is 14.1. The molecule has 0 unspecified atom stereocenters. The highest BCUT2D eigenvalue weighted by molar-refractivity contribution is 5.78. The lowest BCUT2D eigenvalue weighted by Crippen LogP contribution is -2.27. The molecule has 0 aliphatic carbocycles. The average molecular weight is 296 g/mol. The monoisotopic (exact) mass is 296 g/mol. The lowest BCUT2D eigenvalue weighted by molar-refractivity contribution is -0.137. The predicted molar refractivity (Wildman–Crippen MR) is 84.0 cm³/mol. The summed E-state index contributed by atoms with van der Waals surface area (Å²) in [5.41, 5.74) is 2.29. The molecule has 1 N–H and O–H groups in total. The van der Waals surface area contributed by atoms with Gasteiger partial charge < -0.3 is 5.11 Å². The molecule has 5 nitrogen and oxygen atoms in total. The number of nitrogens with zero attached hydrogens (tertiary/aromatic N) is 2. The van der Waals surface area contributed by atoms with E-state index >= 15 is 0 Å². The largest absolute Gasteiger partial charge is 0.480 e. The minimum Gasteiger partial charge on any atom is -0.480 e. The normalized spacial score (nSPS) is 10.9. The molecule has 0 aliphatic heterocycles. The van der Waals surface area contributed by atoms with E-state index in [1.165, 1.54) is 4.57 Å². The summed E-state index contributed by atoms with van der Waals surface area (Å²) in [5.74, 6) is -1.02. The second-order valence-corrected chi connectivity index (χ2v) is 5.14. The molecule has 0 fully saturated rings. The van der Waals surface area contributed by atoms with Crippen LogP contribution in [0.1, 0.15) is 5.56 Å². The van der Waals surface area contributed by atoms with Gasteiger partial charge in [-0.2, -0.15) is 0 Å². The Morgan fingerprint density at radius 2 is 1.50 bits per heavy atom. The van der Waals surface area contributed by atoms with Crippen LogP contribution in [0.15, 0.2) is 59.4 Å². The Bertz CT molecular complexity index is 862. The zero-order chi connectivity index (χ0) is 15.5. The quantitative estimate of drug-likeness (QED) is 0.784. The van der Waals surface area contributed by atoms with Gasteiger partial charge >= 0.3 is 11.7 Å². The molecule has 1 aromatic heterocycles. The average Bonchev–Trinajstić information content (AvgIpc) is 2.78. The van der Waals surface area contributed by atoms with Gasteiger partial charge in [-0.25, -0.2) is 4.79 Å². The third-order valence-electron chi connectivity index (χ3n) is 3.69. The first-order valence-electron chi connectivity index (χ1n) is 7.10. The van der Waals surface area contributed by atoms with Gasteiger partial charge in [0.05, 0.1) is 11.0 Å². The maximum Gasteiger partial charge on any atom is 0.329 e. The minimum atomic E-state index is -1.02. The Balaban J connectivity index is 2.00. The molecular formula is C17H16N2O3. The SMILES string of the molecule is O=C(O)Cn1c(=O)n(CCc2ccccc2)c2ccccc21. The number of benzene rings is 2. The number of imidazole rings is 1. The number of carboxylic acid groups (broad SMARTS) is 1. The highest BCUT2D eigenvalue weighted by atomic mass is 16.4. The Kier molecular flexibility index (Phi) is 3.78. The number of fused-ring (bicyclic) bond motifs is 1. The van der Waals surface area contributed by atoms with Crippen molar-refractivity contribution >= 4 is 17.0 Å². The zero-order valence-corrected chi connectivity index (χ0v) is 12.0. The summed E-state index contributed by atoms with van der Waals surface area (Å²) >= 11 is 0. The van der Waals surface area contributed by atoms with Crippen molar-refractivity contribution in [3.05, 3.63) is 70.6 Å². The summed E-state index contributed by atoms with van der Waals surface area (Å²) in [4.78, 5) is 23.5. The highest BCUT2D eigenvalue weighted by Gasteiger charge is 2.14. The van der Waals surface area contributed by atoms with Gasteiger partial charge in [-0.1, -0.05) is 42.5 Å². The van der Waals surface area contributed by atoms with Crippen molar-refractivity contribution in [3.63, 3.8) is 0 Å². The molecule has 0 radical (unpaired) electrons. The van der Waals surface area contributed by atoms with Crippen molar-refractivity contribution in [3.8, 4) is 0 Å². The molecule has 3 aromatic rings. The zero-order valence-electron chi connectivity index (χ0n) is 12.0. The van der Waals surface area contributed by atoms with Crippen molar-refractivity contribution < 1.29 is 9.90 Å². The van der Waals surface area contributed by atoms with E-state index in [4.69, 9.17) is 5.11 Å². The van der Waals surface area contributed by atoms with E-state index in [2.05, 4.69) is 0 Å². The molecule has 3 rings (SSSR count). The maximum absolute atomic E-state index is 12.5. The van der Waals surface area contributed by atoms with Crippen LogP contribution in [0.5, 0.6) is 0 Å². The van der Waals surface area contributed by atoms with Crippen LogP contribution in [0.4, 0.5) is 0 Å². The Labute approximate surface area is 127 Å². The lowest BCUT2D eigenvalue weighted by atomic mass is 10.1. The molecule has 0 aliphatic rings. The van der Waals surface area contributed by atoms with E-state index < -0.39 is 5.97 Å². The van der Waals surface area contributed by atoms with Crippen LogP contribution < -0.4 is 5.69 Å². The van der Waals surface area contributed by atoms with Crippen LogP contribution in [0.2, 0.25) is 0 Å². The second-order valence-electron chi connectivity index (χ2n) is 5.14. The van der Waals surface area contributed by atoms with Crippen LogP contribution in [-0.2, 0) is 24.3 Å². The van der Waals surface area contributed by atoms with Gasteiger partial charge in [-0.15, -0.1) is 0 Å². The summed E-state index contributed by atoms with van der Waals surface area (Å²) in [6.45, 7) is 0.202. The van der Waals surface area contributed by atoms with Crippen LogP contribution in [0, 0.1) is 0 Å². The van der Waals surface area contributed by atoms with Crippen molar-refractivity contribution in [2.24, 2.45) is 0 Å². The molecule has 22 heavy (non-hydrogen) atoms. The summed E-state index contributed by atoms with van der Waals surface area (Å²) in [7, 11) is 0. The van der Waals surface area contributed by atoms with Gasteiger partial charge in [-0.3, -0.25) is 13.9 Å². The van der Waals surface area contributed by atoms with Gasteiger partial charge in [0.15, 0.2) is 0 Å². The number of aliphatic carboxylic acids is 1. The molecule has 0 spiro atoms. The third-order valence-corrected chi connectivity index (χ3v) is 3.69. The molecule has 1 heterocycles. The number of rotatable bonds is 5. The molecule has 0 atom stereocenters. The number of carboxylic acids is 1. The molecule has 112 valence electrons. The Hall–Kier alpha value is -2.82. The number of aromatic nitrogens is 2. The Morgan fingerprint density at radius 3 is 2.14 bits per heavy atom. The maximum atomic E-state index is 12.5. The van der Waals surface area contributed by atoms with Crippen molar-refractivity contribution in [1.29, 1.82) is 0 Å². The van der Waals surface area contributed by atoms with Crippen molar-refractivity contribution in [2.75, 3.05) is 0 Å². The molecule has 5 heteroatoms. The fourth-order valence-corrected chi connectivity index (χ4v) is 2.66. The number of para-hydroxylation sites is 2. The first-order valence-corrected chi connectivity index (χ1v) is 7.10. The summed E-state index contributed by atoms with van der Waals surface area (Å²) < 4.78 is 2.95. The van der Waals surface area contributed by atoms with E-state index in [0.717, 1.165) is 17.5 Å². The first-order chi connectivity index (χ1) is 10.7. The van der Waals surface area contributed by atoms with E-state index in [1.807, 2.05) is 48.5 Å². The molecule has 0 saturated heterocycles. The van der Waals surface area contributed by atoms with Crippen molar-refractivity contribution in [2.45, 2.75) is 19.5 Å². The van der Waals surface area contributed by atoms with Gasteiger partial charge in [-0.05, 0) is 24.1 Å².